The van der Waals surface area contributed by atoms with Crippen molar-refractivity contribution in [3.05, 3.63) is 71.5 Å². The number of hydrogen-bond donors (Lipinski definition) is 0. The lowest BCUT2D eigenvalue weighted by atomic mass is 10.2. The van der Waals surface area contributed by atoms with Crippen molar-refractivity contribution in [2.45, 2.75) is 12.6 Å². The smallest absolute Gasteiger partial charge is 0.338 e. The van der Waals surface area contributed by atoms with Crippen LogP contribution in [0, 0.1) is 5.82 Å². The lowest BCUT2D eigenvalue weighted by Gasteiger charge is -2.32. The number of morpholine rings is 1. The standard InChI is InChI=1S/C19H20FNO3/c20-17-8-6-16(7-9-17)19(22)24-14-18-13-21(10-11-23-18)12-15-4-2-1-3-5-15/h1-9,18H,10-14H2. The van der Waals surface area contributed by atoms with Crippen molar-refractivity contribution in [2.24, 2.45) is 0 Å². The summed E-state index contributed by atoms with van der Waals surface area (Å²) in [4.78, 5) is 14.2. The number of esters is 1. The van der Waals surface area contributed by atoms with Gasteiger partial charge in [0.25, 0.3) is 0 Å². The highest BCUT2D eigenvalue weighted by Crippen LogP contribution is 2.12. The van der Waals surface area contributed by atoms with E-state index in [4.69, 9.17) is 9.47 Å². The molecule has 1 atom stereocenters. The number of ether oxygens (including phenoxy) is 2. The summed E-state index contributed by atoms with van der Waals surface area (Å²) in [6.07, 6.45) is -0.146. The van der Waals surface area contributed by atoms with Crippen LogP contribution in [0.5, 0.6) is 0 Å². The van der Waals surface area contributed by atoms with Crippen molar-refractivity contribution < 1.29 is 18.7 Å². The lowest BCUT2D eigenvalue weighted by molar-refractivity contribution is -0.0612. The molecule has 5 heteroatoms. The third-order valence-electron chi connectivity index (χ3n) is 3.95. The number of nitrogens with zero attached hydrogens (tertiary/aromatic N) is 1. The molecule has 0 aliphatic carbocycles. The Kier molecular flexibility index (Phi) is 5.56. The average molecular weight is 329 g/mol. The van der Waals surface area contributed by atoms with Gasteiger partial charge in [-0.05, 0) is 29.8 Å². The number of hydrogen-bond acceptors (Lipinski definition) is 4. The first kappa shape index (κ1) is 16.6. The maximum absolute atomic E-state index is 12.9. The van der Waals surface area contributed by atoms with Crippen molar-refractivity contribution in [1.29, 1.82) is 0 Å². The molecule has 2 aromatic rings. The van der Waals surface area contributed by atoms with E-state index < -0.39 is 5.97 Å². The molecule has 0 bridgehead atoms. The topological polar surface area (TPSA) is 38.8 Å². The van der Waals surface area contributed by atoms with Crippen LogP contribution in [-0.4, -0.2) is 43.3 Å². The third-order valence-corrected chi connectivity index (χ3v) is 3.95. The molecule has 4 nitrogen and oxygen atoms in total. The number of halogens is 1. The van der Waals surface area contributed by atoms with E-state index in [-0.39, 0.29) is 18.5 Å². The van der Waals surface area contributed by atoms with Gasteiger partial charge in [-0.25, -0.2) is 9.18 Å². The maximum atomic E-state index is 12.9. The third kappa shape index (κ3) is 4.63. The van der Waals surface area contributed by atoms with Crippen molar-refractivity contribution in [3.63, 3.8) is 0 Å². The molecule has 0 amide bonds. The van der Waals surface area contributed by atoms with Gasteiger partial charge in [-0.15, -0.1) is 0 Å². The molecule has 3 rings (SSSR count). The molecule has 0 N–H and O–H groups in total. The van der Waals surface area contributed by atoms with Gasteiger partial charge in [0.15, 0.2) is 0 Å². The van der Waals surface area contributed by atoms with Crippen LogP contribution in [0.3, 0.4) is 0 Å². The van der Waals surface area contributed by atoms with E-state index in [0.29, 0.717) is 18.7 Å². The molecule has 126 valence electrons. The highest BCUT2D eigenvalue weighted by Gasteiger charge is 2.22. The quantitative estimate of drug-likeness (QED) is 0.791. The summed E-state index contributed by atoms with van der Waals surface area (Å²) in [5.41, 5.74) is 1.59. The Balaban J connectivity index is 1.48. The summed E-state index contributed by atoms with van der Waals surface area (Å²) in [5, 5.41) is 0. The maximum Gasteiger partial charge on any atom is 0.338 e. The summed E-state index contributed by atoms with van der Waals surface area (Å²) in [7, 11) is 0. The van der Waals surface area contributed by atoms with Crippen molar-refractivity contribution in [2.75, 3.05) is 26.3 Å². The second-order valence-corrected chi connectivity index (χ2v) is 5.82. The first-order valence-corrected chi connectivity index (χ1v) is 8.01. The fourth-order valence-corrected chi connectivity index (χ4v) is 2.70. The molecule has 1 heterocycles. The Morgan fingerprint density at radius 3 is 2.67 bits per heavy atom. The van der Waals surface area contributed by atoms with Gasteiger partial charge in [-0.3, -0.25) is 4.90 Å². The Morgan fingerprint density at radius 1 is 1.17 bits per heavy atom. The molecular weight excluding hydrogens is 309 g/mol. The highest BCUT2D eigenvalue weighted by atomic mass is 19.1. The second-order valence-electron chi connectivity index (χ2n) is 5.82. The molecule has 24 heavy (non-hydrogen) atoms. The van der Waals surface area contributed by atoms with Gasteiger partial charge in [0, 0.05) is 19.6 Å². The fourth-order valence-electron chi connectivity index (χ4n) is 2.70. The van der Waals surface area contributed by atoms with Crippen LogP contribution in [0.15, 0.2) is 54.6 Å². The van der Waals surface area contributed by atoms with Gasteiger partial charge in [-0.2, -0.15) is 0 Å². The minimum atomic E-state index is -0.459. The zero-order chi connectivity index (χ0) is 16.8. The number of benzene rings is 2. The summed E-state index contributed by atoms with van der Waals surface area (Å²) in [6.45, 7) is 3.24. The molecule has 1 fully saturated rings. The molecule has 1 saturated heterocycles. The zero-order valence-electron chi connectivity index (χ0n) is 13.4. The summed E-state index contributed by atoms with van der Waals surface area (Å²) in [6, 6.07) is 15.6. The fraction of sp³-hybridized carbons (Fsp3) is 0.316. The van der Waals surface area contributed by atoms with E-state index in [1.165, 1.54) is 29.8 Å². The van der Waals surface area contributed by atoms with Crippen molar-refractivity contribution in [3.8, 4) is 0 Å². The Morgan fingerprint density at radius 2 is 1.92 bits per heavy atom. The van der Waals surface area contributed by atoms with Crippen LogP contribution in [0.2, 0.25) is 0 Å². The van der Waals surface area contributed by atoms with Crippen LogP contribution >= 0.6 is 0 Å². The number of carbonyl (C=O) groups is 1. The largest absolute Gasteiger partial charge is 0.459 e. The Bertz CT molecular complexity index is 660. The second kappa shape index (κ2) is 8.04. The van der Waals surface area contributed by atoms with E-state index in [2.05, 4.69) is 17.0 Å². The lowest BCUT2D eigenvalue weighted by Crippen LogP contribution is -2.44. The van der Waals surface area contributed by atoms with E-state index in [1.54, 1.807) is 0 Å². The van der Waals surface area contributed by atoms with Crippen LogP contribution in [0.4, 0.5) is 4.39 Å². The van der Waals surface area contributed by atoms with E-state index >= 15 is 0 Å². The zero-order valence-corrected chi connectivity index (χ0v) is 13.4. The van der Waals surface area contributed by atoms with Crippen LogP contribution < -0.4 is 0 Å². The Hall–Kier alpha value is -2.24. The molecule has 0 aromatic heterocycles. The van der Waals surface area contributed by atoms with Crippen molar-refractivity contribution >= 4 is 5.97 Å². The number of carbonyl (C=O) groups excluding carboxylic acids is 1. The van der Waals surface area contributed by atoms with Crippen LogP contribution in [0.25, 0.3) is 0 Å². The van der Waals surface area contributed by atoms with Crippen molar-refractivity contribution in [1.82, 2.24) is 4.90 Å². The first-order valence-electron chi connectivity index (χ1n) is 8.01. The van der Waals surface area contributed by atoms with E-state index in [1.807, 2.05) is 18.2 Å². The molecule has 0 spiro atoms. The SMILES string of the molecule is O=C(OCC1CN(Cc2ccccc2)CCO1)c1ccc(F)cc1. The minimum Gasteiger partial charge on any atom is -0.459 e. The first-order chi connectivity index (χ1) is 11.7. The molecule has 1 aliphatic rings. The molecule has 0 radical (unpaired) electrons. The van der Waals surface area contributed by atoms with Gasteiger partial charge < -0.3 is 9.47 Å². The number of rotatable bonds is 5. The van der Waals surface area contributed by atoms with Gasteiger partial charge >= 0.3 is 5.97 Å². The van der Waals surface area contributed by atoms with Gasteiger partial charge in [0.2, 0.25) is 0 Å². The van der Waals surface area contributed by atoms with Crippen LogP contribution in [-0.2, 0) is 16.0 Å². The predicted molar refractivity (Wildman–Crippen MR) is 88.1 cm³/mol. The van der Waals surface area contributed by atoms with Gasteiger partial charge in [0.05, 0.1) is 12.2 Å². The summed E-state index contributed by atoms with van der Waals surface area (Å²) in [5.74, 6) is -0.836. The van der Waals surface area contributed by atoms with Gasteiger partial charge in [0.1, 0.15) is 18.5 Å². The molecule has 0 saturated carbocycles. The Labute approximate surface area is 140 Å². The minimum absolute atomic E-state index is 0.146. The highest BCUT2D eigenvalue weighted by molar-refractivity contribution is 5.89. The molecule has 1 aliphatic heterocycles. The van der Waals surface area contributed by atoms with Crippen LogP contribution in [0.1, 0.15) is 15.9 Å². The normalized spacial score (nSPS) is 18.3. The van der Waals surface area contributed by atoms with E-state index in [9.17, 15) is 9.18 Å². The average Bonchev–Trinajstić information content (AvgIpc) is 2.61. The predicted octanol–water partition coefficient (Wildman–Crippen LogP) is 2.88. The molecular formula is C19H20FNO3. The van der Waals surface area contributed by atoms with Gasteiger partial charge in [-0.1, -0.05) is 30.3 Å². The molecule has 2 aromatic carbocycles. The summed E-state index contributed by atoms with van der Waals surface area (Å²) >= 11 is 0. The monoisotopic (exact) mass is 329 g/mol. The summed E-state index contributed by atoms with van der Waals surface area (Å²) < 4.78 is 23.8. The molecule has 1 unspecified atom stereocenters. The van der Waals surface area contributed by atoms with E-state index in [0.717, 1.165) is 13.1 Å².